The second-order valence-electron chi connectivity index (χ2n) is 17.4. The van der Waals surface area contributed by atoms with Gasteiger partial charge in [-0.05, 0) is 63.6 Å². The van der Waals surface area contributed by atoms with Crippen LogP contribution in [0.15, 0.2) is 169 Å². The second kappa shape index (κ2) is 17.6. The van der Waals surface area contributed by atoms with Gasteiger partial charge in [0.25, 0.3) is 11.8 Å². The van der Waals surface area contributed by atoms with Crippen molar-refractivity contribution < 1.29 is 28.7 Å². The molecule has 328 valence electrons. The summed E-state index contributed by atoms with van der Waals surface area (Å²) in [7, 11) is 0. The molecule has 0 aliphatic carbocycles. The highest BCUT2D eigenvalue weighted by molar-refractivity contribution is 6.03. The number of amides is 4. The van der Waals surface area contributed by atoms with Crippen molar-refractivity contribution in [2.24, 2.45) is 4.99 Å². The van der Waals surface area contributed by atoms with Crippen molar-refractivity contribution in [1.29, 1.82) is 0 Å². The number of ether oxygens (including phenoxy) is 1. The summed E-state index contributed by atoms with van der Waals surface area (Å²) >= 11 is 0. The Balaban J connectivity index is 0.794. The lowest BCUT2D eigenvalue weighted by Gasteiger charge is -2.32. The van der Waals surface area contributed by atoms with E-state index in [-0.39, 0.29) is 61.5 Å². The van der Waals surface area contributed by atoms with Gasteiger partial charge in [0.1, 0.15) is 0 Å². The highest BCUT2D eigenvalue weighted by Gasteiger charge is 2.57. The first-order valence-electron chi connectivity index (χ1n) is 22.3. The lowest BCUT2D eigenvalue weighted by molar-refractivity contribution is -0.143. The van der Waals surface area contributed by atoms with Crippen LogP contribution in [0.3, 0.4) is 0 Å². The number of ketones is 1. The van der Waals surface area contributed by atoms with Gasteiger partial charge in [-0.3, -0.25) is 24.0 Å². The minimum Gasteiger partial charge on any atom is -0.466 e. The lowest BCUT2D eigenvalue weighted by atomic mass is 9.81. The molecular formula is C55H47N5O6. The molecule has 4 heterocycles. The first-order valence-corrected chi connectivity index (χ1v) is 22.3. The number of nitrogens with zero attached hydrogens (tertiary/aromatic N) is 3. The standard InChI is InChI=1S/C55H47N5O6/c1-35-47(27-28-49(62)57-35)60-33-46-42(16-10-18-45(46)53(60)64)29-48(61)40-25-23-39(24-26-40)38-21-19-37(20-22-38)31-56-50(63)34-59-32-43-15-8-9-17-44(43)51-55(54(59)65,30-36-11-4-2-5-12-36)58-52(66-51)41-13-6-3-7-14-41/h2-26,47,51H,1,27-34H2,(H,56,63)(H,57,62)/t47?,51-,55-/m0/s1. The number of rotatable bonds is 12. The molecule has 3 atom stereocenters. The third kappa shape index (κ3) is 8.08. The number of carbonyl (C=O) groups is 5. The molecule has 11 nitrogen and oxygen atoms in total. The fourth-order valence-electron chi connectivity index (χ4n) is 9.71. The topological polar surface area (TPSA) is 137 Å². The van der Waals surface area contributed by atoms with Crippen LogP contribution in [-0.4, -0.2) is 63.2 Å². The summed E-state index contributed by atoms with van der Waals surface area (Å²) in [5.74, 6) is -0.423. The number of carbonyl (C=O) groups excluding carboxylic acids is 5. The molecule has 4 aliphatic rings. The molecule has 4 aliphatic heterocycles. The Morgan fingerprint density at radius 3 is 2.20 bits per heavy atom. The van der Waals surface area contributed by atoms with Crippen LogP contribution in [-0.2, 0) is 51.6 Å². The summed E-state index contributed by atoms with van der Waals surface area (Å²) in [5.41, 5.74) is 8.26. The summed E-state index contributed by atoms with van der Waals surface area (Å²) in [6.45, 7) is 4.70. The second-order valence-corrected chi connectivity index (χ2v) is 17.4. The quantitative estimate of drug-likeness (QED) is 0.121. The van der Waals surface area contributed by atoms with E-state index in [9.17, 15) is 24.0 Å². The first kappa shape index (κ1) is 42.1. The number of Topliss-reactive ketones (excluding diaryl/α,β-unsaturated/α-hetero) is 1. The van der Waals surface area contributed by atoms with Crippen molar-refractivity contribution in [2.75, 3.05) is 6.54 Å². The average molecular weight is 874 g/mol. The zero-order valence-corrected chi connectivity index (χ0v) is 36.2. The van der Waals surface area contributed by atoms with Gasteiger partial charge in [-0.2, -0.15) is 0 Å². The van der Waals surface area contributed by atoms with Crippen LogP contribution in [0.1, 0.15) is 78.6 Å². The van der Waals surface area contributed by atoms with Crippen LogP contribution < -0.4 is 10.6 Å². The fraction of sp³-hybridized carbons (Fsp3) is 0.200. The number of hydrogen-bond donors (Lipinski definition) is 2. The summed E-state index contributed by atoms with van der Waals surface area (Å²) in [5, 5.41) is 5.80. The highest BCUT2D eigenvalue weighted by atomic mass is 16.5. The molecule has 6 aromatic rings. The van der Waals surface area contributed by atoms with Crippen LogP contribution >= 0.6 is 0 Å². The van der Waals surface area contributed by atoms with E-state index < -0.39 is 11.6 Å². The van der Waals surface area contributed by atoms with Crippen LogP contribution in [0.4, 0.5) is 0 Å². The molecule has 0 saturated carbocycles. The molecule has 6 aromatic carbocycles. The first-order chi connectivity index (χ1) is 32.1. The Morgan fingerprint density at radius 2 is 1.45 bits per heavy atom. The van der Waals surface area contributed by atoms with Crippen molar-refractivity contribution in [3.05, 3.63) is 214 Å². The fourth-order valence-corrected chi connectivity index (χ4v) is 9.71. The van der Waals surface area contributed by atoms with Gasteiger partial charge in [0.2, 0.25) is 17.7 Å². The molecule has 0 bridgehead atoms. The van der Waals surface area contributed by atoms with Gasteiger partial charge in [-0.15, -0.1) is 0 Å². The Hall–Kier alpha value is -7.92. The summed E-state index contributed by atoms with van der Waals surface area (Å²) < 4.78 is 6.65. The van der Waals surface area contributed by atoms with Crippen molar-refractivity contribution in [3.8, 4) is 11.1 Å². The molecule has 1 unspecified atom stereocenters. The van der Waals surface area contributed by atoms with Gasteiger partial charge in [0, 0.05) is 66.8 Å². The van der Waals surface area contributed by atoms with Crippen LogP contribution in [0, 0.1) is 0 Å². The lowest BCUT2D eigenvalue weighted by Crippen LogP contribution is -2.52. The third-order valence-corrected chi connectivity index (χ3v) is 13.1. The highest BCUT2D eigenvalue weighted by Crippen LogP contribution is 2.46. The van der Waals surface area contributed by atoms with E-state index in [1.807, 2.05) is 146 Å². The van der Waals surface area contributed by atoms with Crippen molar-refractivity contribution in [3.63, 3.8) is 0 Å². The number of aliphatic imine (C=N–C) groups is 1. The maximum absolute atomic E-state index is 15.0. The van der Waals surface area contributed by atoms with Gasteiger partial charge < -0.3 is 25.2 Å². The molecule has 1 saturated heterocycles. The van der Waals surface area contributed by atoms with Crippen LogP contribution in [0.5, 0.6) is 0 Å². The Kier molecular flexibility index (Phi) is 11.2. The number of fused-ring (bicyclic) bond motifs is 4. The van der Waals surface area contributed by atoms with Gasteiger partial charge in [-0.25, -0.2) is 4.99 Å². The minimum atomic E-state index is -1.33. The van der Waals surface area contributed by atoms with E-state index in [0.29, 0.717) is 48.5 Å². The minimum absolute atomic E-state index is 0.0558. The van der Waals surface area contributed by atoms with E-state index in [1.54, 1.807) is 15.9 Å². The van der Waals surface area contributed by atoms with Gasteiger partial charge in [0.15, 0.2) is 17.4 Å². The third-order valence-electron chi connectivity index (χ3n) is 13.1. The summed E-state index contributed by atoms with van der Waals surface area (Å²) in [4.78, 5) is 76.0. The maximum atomic E-state index is 15.0. The summed E-state index contributed by atoms with van der Waals surface area (Å²) in [6, 6.07) is 47.8. The normalized spacial score (nSPS) is 19.8. The smallest absolute Gasteiger partial charge is 0.256 e. The Morgan fingerprint density at radius 1 is 0.758 bits per heavy atom. The molecule has 0 spiro atoms. The maximum Gasteiger partial charge on any atom is 0.256 e. The van der Waals surface area contributed by atoms with E-state index in [2.05, 4.69) is 17.2 Å². The van der Waals surface area contributed by atoms with Gasteiger partial charge in [0.05, 0.1) is 12.6 Å². The van der Waals surface area contributed by atoms with Crippen molar-refractivity contribution >= 4 is 35.3 Å². The number of hydrogen-bond acceptors (Lipinski definition) is 7. The monoisotopic (exact) mass is 873 g/mol. The van der Waals surface area contributed by atoms with E-state index in [1.165, 1.54) is 0 Å². The molecule has 0 radical (unpaired) electrons. The zero-order valence-electron chi connectivity index (χ0n) is 36.2. The molecule has 66 heavy (non-hydrogen) atoms. The average Bonchev–Trinajstić information content (AvgIpc) is 3.87. The van der Waals surface area contributed by atoms with Crippen LogP contribution in [0.25, 0.3) is 11.1 Å². The zero-order chi connectivity index (χ0) is 45.4. The SMILES string of the molecule is C=C1NC(=O)CCC1N1Cc2c(CC(=O)c3ccc(-c4ccc(CNC(=O)CN5Cc6ccccc6[C@@H]6OC(c7ccccc7)=N[C@]6(Cc6ccccc6)C5=O)cc4)cc3)cccc2C1=O. The molecule has 11 heteroatoms. The van der Waals surface area contributed by atoms with E-state index >= 15 is 0 Å². The number of piperidine rings is 1. The molecule has 4 amide bonds. The Bertz CT molecular complexity index is 2930. The molecular weight excluding hydrogens is 827 g/mol. The van der Waals surface area contributed by atoms with Gasteiger partial charge >= 0.3 is 0 Å². The molecule has 0 aromatic heterocycles. The van der Waals surface area contributed by atoms with Crippen molar-refractivity contribution in [2.45, 2.75) is 63.0 Å². The molecule has 10 rings (SSSR count). The van der Waals surface area contributed by atoms with Crippen molar-refractivity contribution in [1.82, 2.24) is 20.4 Å². The van der Waals surface area contributed by atoms with E-state index in [0.717, 1.165) is 50.1 Å². The van der Waals surface area contributed by atoms with E-state index in [4.69, 9.17) is 9.73 Å². The number of nitrogens with one attached hydrogen (secondary N) is 2. The molecule has 2 N–H and O–H groups in total. The predicted octanol–water partition coefficient (Wildman–Crippen LogP) is 7.69. The summed E-state index contributed by atoms with van der Waals surface area (Å²) in [6.07, 6.45) is 0.610. The molecule has 1 fully saturated rings. The largest absolute Gasteiger partial charge is 0.466 e. The number of benzene rings is 6. The van der Waals surface area contributed by atoms with Crippen LogP contribution in [0.2, 0.25) is 0 Å². The Labute approximate surface area is 382 Å². The predicted molar refractivity (Wildman–Crippen MR) is 250 cm³/mol. The van der Waals surface area contributed by atoms with Gasteiger partial charge in [-0.1, -0.05) is 140 Å².